The molecule has 0 aliphatic carbocycles. The Bertz CT molecular complexity index is 606. The van der Waals surface area contributed by atoms with Gasteiger partial charge in [0.1, 0.15) is 10.7 Å². The lowest BCUT2D eigenvalue weighted by Crippen LogP contribution is -2.51. The fraction of sp³-hybridized carbons (Fsp3) is 0.571. The molecule has 1 fully saturated rings. The van der Waals surface area contributed by atoms with Crippen molar-refractivity contribution in [3.8, 4) is 0 Å². The van der Waals surface area contributed by atoms with Gasteiger partial charge in [0.2, 0.25) is 10.0 Å². The van der Waals surface area contributed by atoms with Gasteiger partial charge in [-0.05, 0) is 38.7 Å². The van der Waals surface area contributed by atoms with Crippen molar-refractivity contribution in [3.63, 3.8) is 0 Å². The fourth-order valence-corrected chi connectivity index (χ4v) is 4.06. The molecule has 0 bridgehead atoms. The molecule has 1 heterocycles. The van der Waals surface area contributed by atoms with E-state index in [-0.39, 0.29) is 10.9 Å². The second kappa shape index (κ2) is 6.39. The molecule has 5 nitrogen and oxygen atoms in total. The molecule has 1 saturated heterocycles. The van der Waals surface area contributed by atoms with Crippen LogP contribution in [0.15, 0.2) is 23.1 Å². The average molecular weight is 315 g/mol. The van der Waals surface area contributed by atoms with E-state index in [4.69, 9.17) is 0 Å². The second-order valence-electron chi connectivity index (χ2n) is 5.49. The van der Waals surface area contributed by atoms with Crippen LogP contribution in [0.4, 0.5) is 4.39 Å². The topological polar surface area (TPSA) is 52.7 Å². The largest absolute Gasteiger partial charge is 0.316 e. The molecule has 0 spiro atoms. The zero-order valence-electron chi connectivity index (χ0n) is 12.6. The van der Waals surface area contributed by atoms with Gasteiger partial charge in [0, 0.05) is 32.2 Å². The van der Waals surface area contributed by atoms with Crippen molar-refractivity contribution in [1.82, 2.24) is 14.5 Å². The predicted octanol–water partition coefficient (Wildman–Crippen LogP) is 0.870. The molecule has 0 aromatic heterocycles. The summed E-state index contributed by atoms with van der Waals surface area (Å²) in [5, 5.41) is 2.94. The lowest BCUT2D eigenvalue weighted by molar-refractivity contribution is 0.159. The smallest absolute Gasteiger partial charge is 0.246 e. The molecule has 1 atom stereocenters. The normalized spacial score (nSPS) is 21.6. The van der Waals surface area contributed by atoms with Gasteiger partial charge in [-0.1, -0.05) is 6.07 Å². The minimum absolute atomic E-state index is 0.122. The Morgan fingerprint density at radius 1 is 1.38 bits per heavy atom. The number of nitrogens with zero attached hydrogens (tertiary/aromatic N) is 2. The molecule has 1 unspecified atom stereocenters. The van der Waals surface area contributed by atoms with Crippen LogP contribution in [0.25, 0.3) is 0 Å². The van der Waals surface area contributed by atoms with Crippen molar-refractivity contribution >= 4 is 10.0 Å². The van der Waals surface area contributed by atoms with Crippen LogP contribution in [-0.2, 0) is 16.6 Å². The molecular weight excluding hydrogens is 293 g/mol. The van der Waals surface area contributed by atoms with E-state index in [1.165, 1.54) is 16.4 Å². The highest BCUT2D eigenvalue weighted by molar-refractivity contribution is 7.89. The number of hydrogen-bond donors (Lipinski definition) is 1. The number of likely N-dealkylation sites (N-methyl/N-ethyl adjacent to an activating group) is 1. The van der Waals surface area contributed by atoms with Gasteiger partial charge in [0.05, 0.1) is 0 Å². The second-order valence-corrected chi connectivity index (χ2v) is 7.39. The highest BCUT2D eigenvalue weighted by Gasteiger charge is 2.32. The van der Waals surface area contributed by atoms with Crippen LogP contribution in [0.5, 0.6) is 0 Å². The van der Waals surface area contributed by atoms with Crippen LogP contribution in [0.2, 0.25) is 0 Å². The monoisotopic (exact) mass is 315 g/mol. The van der Waals surface area contributed by atoms with Crippen molar-refractivity contribution in [3.05, 3.63) is 29.6 Å². The number of benzene rings is 1. The number of hydrogen-bond acceptors (Lipinski definition) is 4. The van der Waals surface area contributed by atoms with E-state index in [1.54, 1.807) is 13.1 Å². The maximum absolute atomic E-state index is 14.0. The number of piperazine rings is 1. The van der Waals surface area contributed by atoms with Crippen molar-refractivity contribution in [1.29, 1.82) is 0 Å². The van der Waals surface area contributed by atoms with Gasteiger partial charge in [0.25, 0.3) is 0 Å². The van der Waals surface area contributed by atoms with E-state index >= 15 is 0 Å². The molecule has 1 aromatic rings. The van der Waals surface area contributed by atoms with E-state index in [2.05, 4.69) is 10.2 Å². The summed E-state index contributed by atoms with van der Waals surface area (Å²) in [4.78, 5) is 1.87. The van der Waals surface area contributed by atoms with Crippen LogP contribution < -0.4 is 5.32 Å². The minimum atomic E-state index is -3.79. The quantitative estimate of drug-likeness (QED) is 0.896. The molecule has 7 heteroatoms. The average Bonchev–Trinajstić information content (AvgIpc) is 2.44. The summed E-state index contributed by atoms with van der Waals surface area (Å²) in [5.41, 5.74) is 0.750. The summed E-state index contributed by atoms with van der Waals surface area (Å²) in [5.74, 6) is -0.693. The molecule has 2 rings (SSSR count). The Labute approximate surface area is 125 Å². The van der Waals surface area contributed by atoms with Crippen LogP contribution >= 0.6 is 0 Å². The third kappa shape index (κ3) is 3.42. The molecule has 0 saturated carbocycles. The maximum atomic E-state index is 14.0. The highest BCUT2D eigenvalue weighted by Crippen LogP contribution is 2.23. The summed E-state index contributed by atoms with van der Waals surface area (Å²) in [6.07, 6.45) is 0. The third-order valence-corrected chi connectivity index (χ3v) is 5.80. The summed E-state index contributed by atoms with van der Waals surface area (Å²) >= 11 is 0. The summed E-state index contributed by atoms with van der Waals surface area (Å²) in [7, 11) is -0.0613. The van der Waals surface area contributed by atoms with Gasteiger partial charge in [-0.25, -0.2) is 12.8 Å². The molecular formula is C14H22FN3O2S. The van der Waals surface area contributed by atoms with Gasteiger partial charge in [-0.2, -0.15) is 4.31 Å². The Balaban J connectivity index is 2.33. The van der Waals surface area contributed by atoms with Gasteiger partial charge in [0.15, 0.2) is 0 Å². The fourth-order valence-electron chi connectivity index (χ4n) is 2.43. The molecule has 118 valence electrons. The lowest BCUT2D eigenvalue weighted by Gasteiger charge is -2.36. The zero-order chi connectivity index (χ0) is 15.6. The first-order valence-corrected chi connectivity index (χ1v) is 8.43. The van der Waals surface area contributed by atoms with E-state index in [0.717, 1.165) is 5.56 Å². The highest BCUT2D eigenvalue weighted by atomic mass is 32.2. The number of rotatable bonds is 4. The van der Waals surface area contributed by atoms with Gasteiger partial charge >= 0.3 is 0 Å². The molecule has 1 aliphatic rings. The Kier molecular flexibility index (Phi) is 4.98. The van der Waals surface area contributed by atoms with Crippen molar-refractivity contribution < 1.29 is 12.8 Å². The van der Waals surface area contributed by atoms with Crippen LogP contribution in [0.1, 0.15) is 12.5 Å². The zero-order valence-corrected chi connectivity index (χ0v) is 13.5. The first kappa shape index (κ1) is 16.4. The molecule has 1 N–H and O–H groups in total. The van der Waals surface area contributed by atoms with E-state index in [9.17, 15) is 12.8 Å². The van der Waals surface area contributed by atoms with Crippen molar-refractivity contribution in [2.75, 3.05) is 33.7 Å². The molecule has 0 amide bonds. The van der Waals surface area contributed by atoms with Gasteiger partial charge in [-0.3, -0.25) is 0 Å². The van der Waals surface area contributed by atoms with E-state index in [0.29, 0.717) is 26.2 Å². The van der Waals surface area contributed by atoms with E-state index in [1.807, 2.05) is 14.0 Å². The predicted molar refractivity (Wildman–Crippen MR) is 80.0 cm³/mol. The first-order valence-electron chi connectivity index (χ1n) is 6.99. The molecule has 21 heavy (non-hydrogen) atoms. The van der Waals surface area contributed by atoms with Gasteiger partial charge < -0.3 is 10.2 Å². The molecule has 1 aliphatic heterocycles. The van der Waals surface area contributed by atoms with Crippen LogP contribution in [0.3, 0.4) is 0 Å². The number of halogens is 1. The van der Waals surface area contributed by atoms with Gasteiger partial charge in [-0.15, -0.1) is 0 Å². The number of nitrogens with one attached hydrogen (secondary N) is 1. The first-order chi connectivity index (χ1) is 9.86. The Hall–Kier alpha value is -1.02. The Morgan fingerprint density at radius 3 is 2.71 bits per heavy atom. The summed E-state index contributed by atoms with van der Waals surface area (Å²) in [6, 6.07) is 4.36. The lowest BCUT2D eigenvalue weighted by atomic mass is 10.2. The summed E-state index contributed by atoms with van der Waals surface area (Å²) < 4.78 is 40.7. The molecule has 0 radical (unpaired) electrons. The van der Waals surface area contributed by atoms with Crippen LogP contribution in [0, 0.1) is 5.82 Å². The minimum Gasteiger partial charge on any atom is -0.316 e. The maximum Gasteiger partial charge on any atom is 0.246 e. The van der Waals surface area contributed by atoms with Crippen molar-refractivity contribution in [2.45, 2.75) is 24.4 Å². The number of sulfonamides is 1. The third-order valence-electron chi connectivity index (χ3n) is 3.92. The van der Waals surface area contributed by atoms with Crippen molar-refractivity contribution in [2.24, 2.45) is 0 Å². The van der Waals surface area contributed by atoms with E-state index < -0.39 is 15.8 Å². The molecule has 1 aromatic carbocycles. The SMILES string of the molecule is CNCc1ccc(F)c(S(=O)(=O)N2CCN(C)C(C)C2)c1. The van der Waals surface area contributed by atoms with Crippen LogP contribution in [-0.4, -0.2) is 57.4 Å². The standard InChI is InChI=1S/C14H22FN3O2S/c1-11-10-18(7-6-17(11)3)21(19,20)14-8-12(9-16-2)4-5-13(14)15/h4-5,8,11,16H,6-7,9-10H2,1-3H3. The summed E-state index contributed by atoms with van der Waals surface area (Å²) in [6.45, 7) is 3.89. The Morgan fingerprint density at radius 2 is 2.10 bits per heavy atom.